The predicted molar refractivity (Wildman–Crippen MR) is 138 cm³/mol. The van der Waals surface area contributed by atoms with E-state index in [-0.39, 0.29) is 0 Å². The van der Waals surface area contributed by atoms with Crippen molar-refractivity contribution in [2.45, 2.75) is 34.2 Å². The monoisotopic (exact) mass is 490 g/mol. The lowest BCUT2D eigenvalue weighted by Crippen LogP contribution is -2.45. The van der Waals surface area contributed by atoms with Gasteiger partial charge in [-0.3, -0.25) is 0 Å². The second kappa shape index (κ2) is 12.8. The van der Waals surface area contributed by atoms with Gasteiger partial charge in [0.2, 0.25) is 0 Å². The maximum atomic E-state index is 12.9. The Hall–Kier alpha value is -0.940. The van der Waals surface area contributed by atoms with Gasteiger partial charge in [0.05, 0.1) is 0 Å². The van der Waals surface area contributed by atoms with Crippen molar-refractivity contribution < 1.29 is 9.13 Å². The van der Waals surface area contributed by atoms with Crippen LogP contribution in [0.25, 0.3) is 0 Å². The topological polar surface area (TPSA) is 64.7 Å². The van der Waals surface area contributed by atoms with E-state index in [1.165, 1.54) is 0 Å². The van der Waals surface area contributed by atoms with Gasteiger partial charge in [0.15, 0.2) is 24.8 Å². The average Bonchev–Trinajstić information content (AvgIpc) is 2.76. The van der Waals surface area contributed by atoms with Crippen LogP contribution in [0.1, 0.15) is 33.3 Å². The summed E-state index contributed by atoms with van der Waals surface area (Å²) in [6.45, 7) is 9.44. The number of nitrogens with one attached hydrogen (secondary N) is 2. The molecule has 1 aromatic rings. The lowest BCUT2D eigenvalue weighted by Gasteiger charge is -2.31. The Morgan fingerprint density at radius 1 is 0.833 bits per heavy atom. The largest absolute Gasteiger partial charge is 0.350 e. The molecule has 0 heterocycles. The Morgan fingerprint density at radius 3 is 1.77 bits per heavy atom. The van der Waals surface area contributed by atoms with Gasteiger partial charge in [-0.15, -0.1) is 0 Å². The Balaban J connectivity index is 2.87. The quantitative estimate of drug-likeness (QED) is 0.339. The minimum absolute atomic E-state index is 0.480. The van der Waals surface area contributed by atoms with Gasteiger partial charge in [-0.1, -0.05) is 58.0 Å². The van der Waals surface area contributed by atoms with Crippen LogP contribution in [0.15, 0.2) is 30.3 Å². The fourth-order valence-corrected chi connectivity index (χ4v) is 6.48. The summed E-state index contributed by atoms with van der Waals surface area (Å²) in [5.74, 6) is 0. The van der Waals surface area contributed by atoms with Gasteiger partial charge in [0.25, 0.3) is 0 Å². The van der Waals surface area contributed by atoms with Crippen molar-refractivity contribution in [1.82, 2.24) is 20.0 Å². The van der Waals surface area contributed by atoms with E-state index in [1.54, 1.807) is 0 Å². The van der Waals surface area contributed by atoms with Crippen LogP contribution in [0.2, 0.25) is 0 Å². The number of thiocarbonyl (C=S) groups is 2. The Labute approximate surface area is 193 Å². The molecule has 0 atom stereocenters. The van der Waals surface area contributed by atoms with E-state index in [9.17, 15) is 9.13 Å². The van der Waals surface area contributed by atoms with Crippen LogP contribution in [0, 0.1) is 0 Å². The zero-order chi connectivity index (χ0) is 22.8. The van der Waals surface area contributed by atoms with E-state index in [0.29, 0.717) is 54.5 Å². The predicted octanol–water partition coefficient (Wildman–Crippen LogP) is 4.81. The molecule has 0 radical (unpaired) electrons. The third-order valence-electron chi connectivity index (χ3n) is 5.20. The molecular formula is C20H36N4O2P2S2. The molecule has 0 aromatic heterocycles. The van der Waals surface area contributed by atoms with E-state index >= 15 is 0 Å². The first-order chi connectivity index (χ1) is 14.1. The summed E-state index contributed by atoms with van der Waals surface area (Å²) in [6, 6.07) is 10.0. The standard InChI is InChI=1S/C20H36N4O2P2S2/c1-6-27(25,7-2)21-19(29)23(5)15-16-24(17-18-13-11-10-12-14-18)20(30)22-28(26,8-3)9-4/h10-14H,6-9,15-17H2,1-5H3,(H,21,25,29)(H,22,26,30). The second-order valence-corrected chi connectivity index (χ2v) is 14.5. The van der Waals surface area contributed by atoms with Crippen LogP contribution in [-0.4, -0.2) is 64.8 Å². The first-order valence-corrected chi connectivity index (χ1v) is 15.4. The number of hydrogen-bond acceptors (Lipinski definition) is 4. The minimum Gasteiger partial charge on any atom is -0.350 e. The van der Waals surface area contributed by atoms with Crippen molar-refractivity contribution in [2.75, 3.05) is 44.8 Å². The molecule has 6 nitrogen and oxygen atoms in total. The second-order valence-electron chi connectivity index (χ2n) is 7.21. The zero-order valence-electron chi connectivity index (χ0n) is 18.8. The summed E-state index contributed by atoms with van der Waals surface area (Å²) >= 11 is 11.1. The zero-order valence-corrected chi connectivity index (χ0v) is 22.2. The van der Waals surface area contributed by atoms with E-state index in [4.69, 9.17) is 24.4 Å². The van der Waals surface area contributed by atoms with Crippen LogP contribution in [0.3, 0.4) is 0 Å². The summed E-state index contributed by atoms with van der Waals surface area (Å²) < 4.78 is 25.6. The Kier molecular flexibility index (Phi) is 11.6. The first-order valence-electron chi connectivity index (χ1n) is 10.4. The van der Waals surface area contributed by atoms with Gasteiger partial charge < -0.3 is 29.1 Å². The van der Waals surface area contributed by atoms with Crippen molar-refractivity contribution in [1.29, 1.82) is 0 Å². The van der Waals surface area contributed by atoms with Crippen molar-refractivity contribution in [3.05, 3.63) is 35.9 Å². The number of nitrogens with zero attached hydrogens (tertiary/aromatic N) is 2. The van der Waals surface area contributed by atoms with Crippen molar-refractivity contribution >= 4 is 49.2 Å². The van der Waals surface area contributed by atoms with Crippen LogP contribution in [0.4, 0.5) is 0 Å². The van der Waals surface area contributed by atoms with Crippen molar-refractivity contribution in [3.8, 4) is 0 Å². The molecule has 0 saturated heterocycles. The van der Waals surface area contributed by atoms with E-state index in [1.807, 2.05) is 74.9 Å². The Bertz CT molecular complexity index is 776. The van der Waals surface area contributed by atoms with Crippen molar-refractivity contribution in [3.63, 3.8) is 0 Å². The van der Waals surface area contributed by atoms with Gasteiger partial charge >= 0.3 is 0 Å². The molecule has 0 fully saturated rings. The highest BCUT2D eigenvalue weighted by Gasteiger charge is 2.23. The highest BCUT2D eigenvalue weighted by Crippen LogP contribution is 2.40. The molecule has 0 spiro atoms. The number of hydrogen-bond donors (Lipinski definition) is 2. The molecular weight excluding hydrogens is 454 g/mol. The first kappa shape index (κ1) is 27.1. The number of rotatable bonds is 11. The smallest absolute Gasteiger partial charge is 0.174 e. The normalized spacial score (nSPS) is 11.6. The molecule has 0 aliphatic rings. The van der Waals surface area contributed by atoms with E-state index < -0.39 is 14.6 Å². The molecule has 1 aromatic carbocycles. The van der Waals surface area contributed by atoms with Gasteiger partial charge in [-0.2, -0.15) is 0 Å². The maximum Gasteiger partial charge on any atom is 0.174 e. The maximum absolute atomic E-state index is 12.9. The summed E-state index contributed by atoms with van der Waals surface area (Å²) in [5, 5.41) is 7.15. The summed E-state index contributed by atoms with van der Waals surface area (Å²) in [5.41, 5.74) is 1.12. The molecule has 170 valence electrons. The molecule has 0 amide bonds. The third kappa shape index (κ3) is 8.66. The molecule has 1 rings (SSSR count). The molecule has 0 aliphatic heterocycles. The van der Waals surface area contributed by atoms with Gasteiger partial charge in [-0.25, -0.2) is 0 Å². The van der Waals surface area contributed by atoms with Gasteiger partial charge in [-0.05, 0) is 30.0 Å². The van der Waals surface area contributed by atoms with Gasteiger partial charge in [0, 0.05) is 51.3 Å². The molecule has 30 heavy (non-hydrogen) atoms. The minimum atomic E-state index is -2.52. The lowest BCUT2D eigenvalue weighted by atomic mass is 10.2. The summed E-state index contributed by atoms with van der Waals surface area (Å²) in [6.07, 6.45) is 2.24. The Morgan fingerprint density at radius 2 is 1.30 bits per heavy atom. The molecule has 2 N–H and O–H groups in total. The molecule has 0 aliphatic carbocycles. The molecule has 10 heteroatoms. The molecule has 0 bridgehead atoms. The fraction of sp³-hybridized carbons (Fsp3) is 0.600. The summed E-state index contributed by atoms with van der Waals surface area (Å²) in [7, 11) is -3.11. The highest BCUT2D eigenvalue weighted by atomic mass is 32.1. The lowest BCUT2D eigenvalue weighted by molar-refractivity contribution is 0.361. The molecule has 0 saturated carbocycles. The van der Waals surface area contributed by atoms with Gasteiger partial charge in [0.1, 0.15) is 0 Å². The number of benzene rings is 1. The van der Waals surface area contributed by atoms with E-state index in [0.717, 1.165) is 5.56 Å². The number of likely N-dealkylation sites (N-methyl/N-ethyl adjacent to an activating group) is 1. The molecule has 0 unspecified atom stereocenters. The third-order valence-corrected chi connectivity index (χ3v) is 11.6. The van der Waals surface area contributed by atoms with Crippen LogP contribution in [-0.2, 0) is 15.7 Å². The highest BCUT2D eigenvalue weighted by molar-refractivity contribution is 7.81. The van der Waals surface area contributed by atoms with Crippen LogP contribution < -0.4 is 10.2 Å². The van der Waals surface area contributed by atoms with Crippen molar-refractivity contribution in [2.24, 2.45) is 0 Å². The van der Waals surface area contributed by atoms with Crippen LogP contribution in [0.5, 0.6) is 0 Å². The summed E-state index contributed by atoms with van der Waals surface area (Å²) in [4.78, 5) is 3.90. The van der Waals surface area contributed by atoms with Crippen LogP contribution >= 0.6 is 39.0 Å². The van der Waals surface area contributed by atoms with E-state index in [2.05, 4.69) is 10.2 Å². The SMILES string of the molecule is CCP(=O)(CC)NC(=S)N(C)CCN(Cc1ccccc1)C(=S)NP(=O)(CC)CC. The average molecular weight is 491 g/mol. The fourth-order valence-electron chi connectivity index (χ4n) is 2.70.